The summed E-state index contributed by atoms with van der Waals surface area (Å²) in [5.74, 6) is -0.400. The second-order valence-corrected chi connectivity index (χ2v) is 13.7. The third-order valence-corrected chi connectivity index (χ3v) is 10.4. The van der Waals surface area contributed by atoms with Crippen LogP contribution < -0.4 is 9.62 Å². The van der Waals surface area contributed by atoms with E-state index in [0.29, 0.717) is 23.4 Å². The van der Waals surface area contributed by atoms with E-state index >= 15 is 0 Å². The molecule has 0 saturated carbocycles. The van der Waals surface area contributed by atoms with Crippen LogP contribution in [0.1, 0.15) is 44.2 Å². The van der Waals surface area contributed by atoms with Gasteiger partial charge in [0.15, 0.2) is 0 Å². The highest BCUT2D eigenvalue weighted by atomic mass is 79.9. The van der Waals surface area contributed by atoms with Gasteiger partial charge in [-0.2, -0.15) is 0 Å². The van der Waals surface area contributed by atoms with Gasteiger partial charge in [0, 0.05) is 41.8 Å². The molecule has 1 N–H and O–H groups in total. The number of nitrogens with zero attached hydrogens (tertiary/aromatic N) is 2. The van der Waals surface area contributed by atoms with Gasteiger partial charge < -0.3 is 10.2 Å². The zero-order valence-electron chi connectivity index (χ0n) is 24.4. The third-order valence-electron chi connectivity index (χ3n) is 7.97. The highest BCUT2D eigenvalue weighted by Gasteiger charge is 2.36. The maximum absolute atomic E-state index is 14.0. The Bertz CT molecular complexity index is 1710. The van der Waals surface area contributed by atoms with Gasteiger partial charge in [-0.25, -0.2) is 8.42 Å². The lowest BCUT2D eigenvalue weighted by Gasteiger charge is -2.32. The van der Waals surface area contributed by atoms with Crippen molar-refractivity contribution in [2.24, 2.45) is 0 Å². The number of carbonyl (C=O) groups is 2. The predicted octanol–water partition coefficient (Wildman–Crippen LogP) is 6.45. The molecule has 2 atom stereocenters. The molecule has 2 amide bonds. The molecular formula is C34H36BrN3O4S. The molecule has 0 saturated heterocycles. The zero-order chi connectivity index (χ0) is 30.6. The number of rotatable bonds is 12. The molecule has 5 rings (SSSR count). The van der Waals surface area contributed by atoms with Crippen molar-refractivity contribution in [3.63, 3.8) is 0 Å². The lowest BCUT2D eigenvalue weighted by molar-refractivity contribution is -0.141. The molecular weight excluding hydrogens is 626 g/mol. The fourth-order valence-electron chi connectivity index (χ4n) is 5.50. The summed E-state index contributed by atoms with van der Waals surface area (Å²) in [6, 6.07) is 27.5. The maximum Gasteiger partial charge on any atom is 0.265 e. The Balaban J connectivity index is 1.40. The summed E-state index contributed by atoms with van der Waals surface area (Å²) >= 11 is 3.47. The summed E-state index contributed by atoms with van der Waals surface area (Å²) < 4.78 is 29.2. The average Bonchev–Trinajstić information content (AvgIpc) is 3.23. The van der Waals surface area contributed by atoms with E-state index in [0.717, 1.165) is 32.8 Å². The van der Waals surface area contributed by atoms with Gasteiger partial charge in [-0.05, 0) is 60.5 Å². The standard InChI is InChI=1S/C34H36BrN3O4S/c1-3-24(2)36-34(40)30(22-25-10-5-4-6-11-25)37(23-26-17-19-28(35)20-18-26)32(39)16-9-21-38-29-14-7-12-27-13-8-15-31(33(27)29)43(38,41)42/h4-8,10-15,17-20,24,30H,3,9,16,21-23H2,1-2H3,(H,36,40). The number of amides is 2. The van der Waals surface area contributed by atoms with Crippen molar-refractivity contribution in [1.29, 1.82) is 0 Å². The van der Waals surface area contributed by atoms with Gasteiger partial charge in [-0.3, -0.25) is 13.9 Å². The smallest absolute Gasteiger partial charge is 0.265 e. The lowest BCUT2D eigenvalue weighted by atomic mass is 10.0. The molecule has 2 unspecified atom stereocenters. The van der Waals surface area contributed by atoms with Crippen LogP contribution in [0.4, 0.5) is 5.69 Å². The SMILES string of the molecule is CCC(C)NC(=O)C(Cc1ccccc1)N(Cc1ccc(Br)cc1)C(=O)CCCN1c2cccc3cccc(c23)S1(=O)=O. The van der Waals surface area contributed by atoms with E-state index in [1.165, 1.54) is 4.31 Å². The molecule has 0 aromatic heterocycles. The number of nitrogens with one attached hydrogen (secondary N) is 1. The van der Waals surface area contributed by atoms with Gasteiger partial charge in [0.05, 0.1) is 10.6 Å². The zero-order valence-corrected chi connectivity index (χ0v) is 26.8. The Labute approximate surface area is 262 Å². The van der Waals surface area contributed by atoms with Crippen LogP contribution in [0, 0.1) is 0 Å². The monoisotopic (exact) mass is 661 g/mol. The van der Waals surface area contributed by atoms with Crippen LogP contribution in [-0.2, 0) is 32.6 Å². The van der Waals surface area contributed by atoms with E-state index < -0.39 is 16.1 Å². The summed E-state index contributed by atoms with van der Waals surface area (Å²) in [6.45, 7) is 4.38. The van der Waals surface area contributed by atoms with Crippen molar-refractivity contribution in [3.8, 4) is 0 Å². The van der Waals surface area contributed by atoms with Gasteiger partial charge in [0.2, 0.25) is 11.8 Å². The molecule has 4 aromatic rings. The van der Waals surface area contributed by atoms with Gasteiger partial charge in [-0.15, -0.1) is 0 Å². The topological polar surface area (TPSA) is 86.8 Å². The molecule has 0 aliphatic carbocycles. The normalized spacial score (nSPS) is 14.8. The summed E-state index contributed by atoms with van der Waals surface area (Å²) in [5.41, 5.74) is 2.49. The fourth-order valence-corrected chi connectivity index (χ4v) is 7.51. The van der Waals surface area contributed by atoms with Crippen LogP contribution in [0.25, 0.3) is 10.8 Å². The maximum atomic E-state index is 14.0. The Kier molecular flexibility index (Phi) is 9.52. The Morgan fingerprint density at radius 2 is 1.60 bits per heavy atom. The molecule has 0 fully saturated rings. The second-order valence-electron chi connectivity index (χ2n) is 11.0. The van der Waals surface area contributed by atoms with Crippen molar-refractivity contribution in [2.45, 2.75) is 63.1 Å². The van der Waals surface area contributed by atoms with E-state index in [2.05, 4.69) is 21.2 Å². The van der Waals surface area contributed by atoms with E-state index in [9.17, 15) is 18.0 Å². The molecule has 224 valence electrons. The first-order valence-electron chi connectivity index (χ1n) is 14.6. The first kappa shape index (κ1) is 30.8. The highest BCUT2D eigenvalue weighted by molar-refractivity contribution is 9.10. The Hall–Kier alpha value is -3.69. The number of halogens is 1. The van der Waals surface area contributed by atoms with Crippen LogP contribution in [0.15, 0.2) is 100 Å². The van der Waals surface area contributed by atoms with Gasteiger partial charge in [0.1, 0.15) is 6.04 Å². The number of sulfonamides is 1. The third kappa shape index (κ3) is 6.78. The molecule has 4 aromatic carbocycles. The van der Waals surface area contributed by atoms with Crippen LogP contribution >= 0.6 is 15.9 Å². The first-order valence-corrected chi connectivity index (χ1v) is 16.8. The number of benzene rings is 4. The number of anilines is 1. The minimum Gasteiger partial charge on any atom is -0.352 e. The van der Waals surface area contributed by atoms with Crippen molar-refractivity contribution in [3.05, 3.63) is 107 Å². The van der Waals surface area contributed by atoms with Gasteiger partial charge >= 0.3 is 0 Å². The molecule has 0 bridgehead atoms. The molecule has 7 nitrogen and oxygen atoms in total. The highest BCUT2D eigenvalue weighted by Crippen LogP contribution is 2.42. The molecule has 0 spiro atoms. The Morgan fingerprint density at radius 3 is 2.30 bits per heavy atom. The van der Waals surface area contributed by atoms with Gasteiger partial charge in [-0.1, -0.05) is 89.6 Å². The number of carbonyl (C=O) groups excluding carboxylic acids is 2. The molecule has 1 aliphatic rings. The van der Waals surface area contributed by atoms with E-state index in [1.54, 1.807) is 17.0 Å². The van der Waals surface area contributed by atoms with Crippen molar-refractivity contribution >= 4 is 54.2 Å². The van der Waals surface area contributed by atoms with Crippen LogP contribution in [-0.4, -0.2) is 43.8 Å². The molecule has 0 radical (unpaired) electrons. The predicted molar refractivity (Wildman–Crippen MR) is 174 cm³/mol. The van der Waals surface area contributed by atoms with Crippen LogP contribution in [0.3, 0.4) is 0 Å². The van der Waals surface area contributed by atoms with E-state index in [1.807, 2.05) is 92.7 Å². The van der Waals surface area contributed by atoms with E-state index in [-0.39, 0.29) is 37.4 Å². The quantitative estimate of drug-likeness (QED) is 0.189. The van der Waals surface area contributed by atoms with Crippen LogP contribution in [0.5, 0.6) is 0 Å². The van der Waals surface area contributed by atoms with Crippen molar-refractivity contribution in [2.75, 3.05) is 10.8 Å². The minimum absolute atomic E-state index is 0.0416. The minimum atomic E-state index is -3.72. The average molecular weight is 663 g/mol. The van der Waals surface area contributed by atoms with E-state index in [4.69, 9.17) is 0 Å². The Morgan fingerprint density at radius 1 is 0.907 bits per heavy atom. The van der Waals surface area contributed by atoms with Crippen LogP contribution in [0.2, 0.25) is 0 Å². The largest absolute Gasteiger partial charge is 0.352 e. The summed E-state index contributed by atoms with van der Waals surface area (Å²) in [4.78, 5) is 29.7. The second kappa shape index (κ2) is 13.3. The first-order chi connectivity index (χ1) is 20.7. The molecule has 43 heavy (non-hydrogen) atoms. The number of hydrogen-bond donors (Lipinski definition) is 1. The summed E-state index contributed by atoms with van der Waals surface area (Å²) in [7, 11) is -3.72. The molecule has 9 heteroatoms. The summed E-state index contributed by atoms with van der Waals surface area (Å²) in [5, 5.41) is 4.67. The molecule has 1 heterocycles. The van der Waals surface area contributed by atoms with Crippen molar-refractivity contribution in [1.82, 2.24) is 10.2 Å². The van der Waals surface area contributed by atoms with Gasteiger partial charge in [0.25, 0.3) is 10.0 Å². The number of hydrogen-bond acceptors (Lipinski definition) is 4. The fraction of sp³-hybridized carbons (Fsp3) is 0.294. The molecule has 1 aliphatic heterocycles. The lowest BCUT2D eigenvalue weighted by Crippen LogP contribution is -2.52. The van der Waals surface area contributed by atoms with Crippen molar-refractivity contribution < 1.29 is 18.0 Å². The summed E-state index contributed by atoms with van der Waals surface area (Å²) in [6.07, 6.45) is 1.54.